The monoisotopic (exact) mass is 301 g/mol. The van der Waals surface area contributed by atoms with Gasteiger partial charge in [-0.1, -0.05) is 29.3 Å². The van der Waals surface area contributed by atoms with Gasteiger partial charge in [-0.25, -0.2) is 4.39 Å². The average molecular weight is 302 g/mol. The molecule has 2 N–H and O–H groups in total. The first kappa shape index (κ1) is 13.5. The molecule has 2 aromatic rings. The van der Waals surface area contributed by atoms with Gasteiger partial charge in [0.05, 0.1) is 10.0 Å². The molecule has 0 aliphatic heterocycles. The second kappa shape index (κ2) is 5.83. The summed E-state index contributed by atoms with van der Waals surface area (Å²) in [5.41, 5.74) is 6.90. The van der Waals surface area contributed by atoms with Crippen molar-refractivity contribution in [3.05, 3.63) is 57.8 Å². The molecular weight excluding hydrogens is 292 g/mol. The molecule has 0 saturated heterocycles. The molecule has 1 nitrogen and oxygen atoms in total. The lowest BCUT2D eigenvalue weighted by Gasteiger charge is -2.05. The van der Waals surface area contributed by atoms with Crippen LogP contribution in [0, 0.1) is 5.82 Å². The van der Waals surface area contributed by atoms with Crippen LogP contribution in [0.2, 0.25) is 10.0 Å². The molecule has 0 unspecified atom stereocenters. The van der Waals surface area contributed by atoms with E-state index >= 15 is 0 Å². The van der Waals surface area contributed by atoms with Crippen LogP contribution in [-0.2, 0) is 5.75 Å². The van der Waals surface area contributed by atoms with Gasteiger partial charge in [0, 0.05) is 16.3 Å². The molecule has 0 amide bonds. The minimum Gasteiger partial charge on any atom is -0.399 e. The van der Waals surface area contributed by atoms with Crippen LogP contribution >= 0.6 is 35.0 Å². The molecule has 0 heterocycles. The van der Waals surface area contributed by atoms with Crippen LogP contribution in [0.25, 0.3) is 0 Å². The summed E-state index contributed by atoms with van der Waals surface area (Å²) in [4.78, 5) is 0.565. The van der Waals surface area contributed by atoms with Crippen molar-refractivity contribution in [2.24, 2.45) is 0 Å². The fraction of sp³-hybridized carbons (Fsp3) is 0.0769. The number of benzene rings is 2. The highest BCUT2D eigenvalue weighted by Crippen LogP contribution is 2.29. The fourth-order valence-corrected chi connectivity index (χ4v) is 2.61. The first-order valence-electron chi connectivity index (χ1n) is 5.18. The molecule has 0 aliphatic rings. The molecule has 0 spiro atoms. The second-order valence-electron chi connectivity index (χ2n) is 3.73. The molecule has 0 aliphatic carbocycles. The molecule has 0 aromatic heterocycles. The normalized spacial score (nSPS) is 10.6. The van der Waals surface area contributed by atoms with Crippen molar-refractivity contribution >= 4 is 40.7 Å². The van der Waals surface area contributed by atoms with E-state index < -0.39 is 0 Å². The van der Waals surface area contributed by atoms with Gasteiger partial charge in [0.15, 0.2) is 0 Å². The molecule has 2 aromatic carbocycles. The van der Waals surface area contributed by atoms with Gasteiger partial charge in [-0.2, -0.15) is 0 Å². The predicted octanol–water partition coefficient (Wildman–Crippen LogP) is 5.01. The van der Waals surface area contributed by atoms with Crippen LogP contribution in [-0.4, -0.2) is 0 Å². The van der Waals surface area contributed by atoms with Crippen molar-refractivity contribution < 1.29 is 4.39 Å². The van der Waals surface area contributed by atoms with Crippen molar-refractivity contribution in [1.29, 1.82) is 0 Å². The summed E-state index contributed by atoms with van der Waals surface area (Å²) in [6, 6.07) is 10.1. The van der Waals surface area contributed by atoms with E-state index in [9.17, 15) is 4.39 Å². The molecule has 18 heavy (non-hydrogen) atoms. The van der Waals surface area contributed by atoms with E-state index in [0.717, 1.165) is 5.56 Å². The Morgan fingerprint density at radius 2 is 1.83 bits per heavy atom. The van der Waals surface area contributed by atoms with Gasteiger partial charge in [-0.05, 0) is 35.9 Å². The van der Waals surface area contributed by atoms with Crippen LogP contribution in [0.15, 0.2) is 41.3 Å². The lowest BCUT2D eigenvalue weighted by molar-refractivity contribution is 0.603. The SMILES string of the molecule is Nc1ccc(SCc2ccc(Cl)c(Cl)c2)c(F)c1. The summed E-state index contributed by atoms with van der Waals surface area (Å²) < 4.78 is 13.5. The fourth-order valence-electron chi connectivity index (χ4n) is 1.42. The average Bonchev–Trinajstić information content (AvgIpc) is 2.32. The number of thioether (sulfide) groups is 1. The second-order valence-corrected chi connectivity index (χ2v) is 5.56. The van der Waals surface area contributed by atoms with Gasteiger partial charge in [0.25, 0.3) is 0 Å². The van der Waals surface area contributed by atoms with Crippen LogP contribution in [0.4, 0.5) is 10.1 Å². The van der Waals surface area contributed by atoms with E-state index in [1.165, 1.54) is 17.8 Å². The molecule has 2 rings (SSSR count). The first-order chi connectivity index (χ1) is 8.56. The lowest BCUT2D eigenvalue weighted by Crippen LogP contribution is -1.88. The summed E-state index contributed by atoms with van der Waals surface area (Å²) >= 11 is 13.1. The Morgan fingerprint density at radius 1 is 1.06 bits per heavy atom. The molecular formula is C13H10Cl2FNS. The number of nitrogens with two attached hydrogens (primary N) is 1. The van der Waals surface area contributed by atoms with E-state index in [1.807, 2.05) is 6.07 Å². The van der Waals surface area contributed by atoms with E-state index in [4.69, 9.17) is 28.9 Å². The maximum absolute atomic E-state index is 13.5. The van der Waals surface area contributed by atoms with Crippen LogP contribution < -0.4 is 5.73 Å². The van der Waals surface area contributed by atoms with Crippen molar-refractivity contribution in [1.82, 2.24) is 0 Å². The quantitative estimate of drug-likeness (QED) is 0.637. The summed E-state index contributed by atoms with van der Waals surface area (Å²) in [5.74, 6) is 0.317. The zero-order chi connectivity index (χ0) is 13.1. The highest BCUT2D eigenvalue weighted by atomic mass is 35.5. The molecule has 0 atom stereocenters. The zero-order valence-electron chi connectivity index (χ0n) is 9.29. The molecule has 0 bridgehead atoms. The topological polar surface area (TPSA) is 26.0 Å². The summed E-state index contributed by atoms with van der Waals surface area (Å²) in [7, 11) is 0. The van der Waals surface area contributed by atoms with E-state index in [0.29, 0.717) is 26.4 Å². The van der Waals surface area contributed by atoms with Crippen molar-refractivity contribution in [3.63, 3.8) is 0 Å². The molecule has 0 radical (unpaired) electrons. The third kappa shape index (κ3) is 3.31. The van der Waals surface area contributed by atoms with Crippen molar-refractivity contribution in [3.8, 4) is 0 Å². The summed E-state index contributed by atoms with van der Waals surface area (Å²) in [6.07, 6.45) is 0. The van der Waals surface area contributed by atoms with Gasteiger partial charge in [-0.3, -0.25) is 0 Å². The predicted molar refractivity (Wildman–Crippen MR) is 76.8 cm³/mol. The number of rotatable bonds is 3. The maximum Gasteiger partial charge on any atom is 0.138 e. The van der Waals surface area contributed by atoms with E-state index in [2.05, 4.69) is 0 Å². The van der Waals surface area contributed by atoms with Crippen molar-refractivity contribution in [2.75, 3.05) is 5.73 Å². The van der Waals surface area contributed by atoms with E-state index in [-0.39, 0.29) is 5.82 Å². The van der Waals surface area contributed by atoms with Gasteiger partial charge in [-0.15, -0.1) is 11.8 Å². The number of halogens is 3. The highest BCUT2D eigenvalue weighted by molar-refractivity contribution is 7.98. The number of hydrogen-bond acceptors (Lipinski definition) is 2. The lowest BCUT2D eigenvalue weighted by atomic mass is 10.2. The van der Waals surface area contributed by atoms with E-state index in [1.54, 1.807) is 24.3 Å². The molecule has 5 heteroatoms. The Morgan fingerprint density at radius 3 is 2.50 bits per heavy atom. The van der Waals surface area contributed by atoms with Crippen LogP contribution in [0.3, 0.4) is 0 Å². The summed E-state index contributed by atoms with van der Waals surface area (Å²) in [6.45, 7) is 0. The highest BCUT2D eigenvalue weighted by Gasteiger charge is 2.05. The van der Waals surface area contributed by atoms with Gasteiger partial charge in [0.1, 0.15) is 5.82 Å². The largest absolute Gasteiger partial charge is 0.399 e. The first-order valence-corrected chi connectivity index (χ1v) is 6.92. The smallest absolute Gasteiger partial charge is 0.138 e. The minimum atomic E-state index is -0.305. The Bertz CT molecular complexity index is 575. The maximum atomic E-state index is 13.5. The molecule has 94 valence electrons. The minimum absolute atomic E-state index is 0.305. The van der Waals surface area contributed by atoms with Crippen molar-refractivity contribution in [2.45, 2.75) is 10.6 Å². The Balaban J connectivity index is 2.09. The number of hydrogen-bond donors (Lipinski definition) is 1. The summed E-state index contributed by atoms with van der Waals surface area (Å²) in [5, 5.41) is 1.02. The van der Waals surface area contributed by atoms with Gasteiger partial charge < -0.3 is 5.73 Å². The van der Waals surface area contributed by atoms with Gasteiger partial charge in [0.2, 0.25) is 0 Å². The Hall–Kier alpha value is -0.900. The Kier molecular flexibility index (Phi) is 4.38. The standard InChI is InChI=1S/C13H10Cl2FNS/c14-10-3-1-8(5-11(10)15)7-18-13-4-2-9(17)6-12(13)16/h1-6H,7,17H2. The van der Waals surface area contributed by atoms with Crippen LogP contribution in [0.1, 0.15) is 5.56 Å². The van der Waals surface area contributed by atoms with Gasteiger partial charge >= 0.3 is 0 Å². The zero-order valence-corrected chi connectivity index (χ0v) is 11.6. The molecule has 0 fully saturated rings. The Labute approximate surface area is 119 Å². The number of nitrogen functional groups attached to an aromatic ring is 1. The molecule has 0 saturated carbocycles. The third-order valence-electron chi connectivity index (χ3n) is 2.33. The number of anilines is 1. The third-order valence-corrected chi connectivity index (χ3v) is 4.19. The van der Waals surface area contributed by atoms with Crippen LogP contribution in [0.5, 0.6) is 0 Å².